The second-order valence-corrected chi connectivity index (χ2v) is 10.5. The fourth-order valence-corrected chi connectivity index (χ4v) is 3.75. The van der Waals surface area contributed by atoms with Crippen molar-refractivity contribution in [2.45, 2.75) is 71.3 Å². The number of alkyl carbamates (subject to hydrolysis) is 1. The summed E-state index contributed by atoms with van der Waals surface area (Å²) in [5, 5.41) is 30.9. The Morgan fingerprint density at radius 1 is 0.762 bits per heavy atom. The zero-order valence-electron chi connectivity index (χ0n) is 24.4. The Balaban J connectivity index is 2.65. The fraction of sp³-hybridized carbons (Fsp3) is 0.571. The maximum atomic E-state index is 12.7. The van der Waals surface area contributed by atoms with E-state index in [0.717, 1.165) is 0 Å². The Morgan fingerprint density at radius 3 is 1.88 bits per heavy atom. The van der Waals surface area contributed by atoms with Crippen LogP contribution in [-0.2, 0) is 35.3 Å². The first-order chi connectivity index (χ1) is 19.9. The summed E-state index contributed by atoms with van der Waals surface area (Å²) in [6, 6.07) is 4.08. The zero-order valence-corrected chi connectivity index (χ0v) is 24.4. The Morgan fingerprint density at radius 2 is 1.33 bits per heavy atom. The summed E-state index contributed by atoms with van der Waals surface area (Å²) in [7, 11) is 0. The van der Waals surface area contributed by atoms with Crippen LogP contribution in [0.2, 0.25) is 0 Å². The molecule has 0 aromatic heterocycles. The predicted molar refractivity (Wildman–Crippen MR) is 151 cm³/mol. The van der Waals surface area contributed by atoms with Gasteiger partial charge >= 0.3 is 6.09 Å². The smallest absolute Gasteiger partial charge is 0.408 e. The summed E-state index contributed by atoms with van der Waals surface area (Å²) < 4.78 is 5.01. The molecule has 42 heavy (non-hydrogen) atoms. The maximum absolute atomic E-state index is 12.7. The molecule has 1 aromatic carbocycles. The van der Waals surface area contributed by atoms with Gasteiger partial charge in [0.2, 0.25) is 23.6 Å². The highest BCUT2D eigenvalue weighted by Gasteiger charge is 2.28. The van der Waals surface area contributed by atoms with Crippen LogP contribution in [0.5, 0.6) is 0 Å². The van der Waals surface area contributed by atoms with Crippen LogP contribution in [0.15, 0.2) is 30.3 Å². The van der Waals surface area contributed by atoms with Gasteiger partial charge in [-0.05, 0) is 30.2 Å². The van der Waals surface area contributed by atoms with Gasteiger partial charge < -0.3 is 46.3 Å². The molecule has 14 heteroatoms. The number of carbonyl (C=O) groups is 6. The molecule has 0 spiro atoms. The molecule has 0 fully saturated rings. The van der Waals surface area contributed by atoms with E-state index in [9.17, 15) is 39.0 Å². The lowest BCUT2D eigenvalue weighted by Crippen LogP contribution is -2.57. The molecule has 0 heterocycles. The predicted octanol–water partition coefficient (Wildman–Crippen LogP) is -0.872. The van der Waals surface area contributed by atoms with E-state index in [2.05, 4.69) is 26.6 Å². The van der Waals surface area contributed by atoms with E-state index in [-0.39, 0.29) is 24.9 Å². The molecule has 0 saturated heterocycles. The van der Waals surface area contributed by atoms with Crippen molar-refractivity contribution in [1.82, 2.24) is 26.6 Å². The van der Waals surface area contributed by atoms with Gasteiger partial charge in [0.15, 0.2) is 0 Å². The van der Waals surface area contributed by atoms with Crippen LogP contribution < -0.4 is 26.6 Å². The highest BCUT2D eigenvalue weighted by atomic mass is 16.5. The average Bonchev–Trinajstić information content (AvgIpc) is 2.95. The molecule has 0 bridgehead atoms. The zero-order chi connectivity index (χ0) is 31.7. The first-order valence-corrected chi connectivity index (χ1v) is 13.7. The summed E-state index contributed by atoms with van der Waals surface area (Å²) in [5.74, 6) is -2.97. The molecule has 1 rings (SSSR count). The van der Waals surface area contributed by atoms with E-state index < -0.39 is 73.6 Å². The number of hydrogen-bond acceptors (Lipinski definition) is 9. The topological polar surface area (TPSA) is 212 Å². The minimum Gasteiger partial charge on any atom is -0.445 e. The van der Waals surface area contributed by atoms with Crippen molar-refractivity contribution in [2.24, 2.45) is 11.8 Å². The van der Waals surface area contributed by atoms with Crippen LogP contribution in [-0.4, -0.2) is 90.1 Å². The lowest BCUT2D eigenvalue weighted by Gasteiger charge is -2.23. The normalized spacial score (nSPS) is 13.7. The van der Waals surface area contributed by atoms with E-state index in [4.69, 9.17) is 4.74 Å². The number of amides is 5. The minimum atomic E-state index is -1.51. The molecule has 4 atom stereocenters. The Labute approximate surface area is 245 Å². The van der Waals surface area contributed by atoms with Crippen molar-refractivity contribution >= 4 is 36.0 Å². The van der Waals surface area contributed by atoms with Crippen LogP contribution in [0.3, 0.4) is 0 Å². The number of carbonyl (C=O) groups excluding carboxylic acids is 6. The quantitative estimate of drug-likeness (QED) is 0.105. The maximum Gasteiger partial charge on any atom is 0.408 e. The molecule has 0 aliphatic carbocycles. The molecule has 7 N–H and O–H groups in total. The molecule has 5 amide bonds. The molecule has 0 radical (unpaired) electrons. The molecule has 1 aromatic rings. The molecular weight excluding hydrogens is 550 g/mol. The van der Waals surface area contributed by atoms with Gasteiger partial charge in [-0.2, -0.15) is 0 Å². The van der Waals surface area contributed by atoms with Gasteiger partial charge in [0.05, 0.1) is 25.8 Å². The van der Waals surface area contributed by atoms with Crippen LogP contribution in [0.25, 0.3) is 0 Å². The van der Waals surface area contributed by atoms with Gasteiger partial charge in [-0.25, -0.2) is 4.79 Å². The van der Waals surface area contributed by atoms with Crippen molar-refractivity contribution in [3.05, 3.63) is 35.9 Å². The number of hydrogen-bond donors (Lipinski definition) is 7. The first-order valence-electron chi connectivity index (χ1n) is 13.7. The molecule has 0 saturated carbocycles. The second kappa shape index (κ2) is 19.1. The number of benzene rings is 1. The first kappa shape index (κ1) is 36.0. The van der Waals surface area contributed by atoms with Crippen molar-refractivity contribution in [3.8, 4) is 0 Å². The molecule has 0 aliphatic heterocycles. The third-order valence-corrected chi connectivity index (χ3v) is 5.82. The van der Waals surface area contributed by atoms with Gasteiger partial charge in [-0.3, -0.25) is 19.2 Å². The van der Waals surface area contributed by atoms with Gasteiger partial charge in [0.25, 0.3) is 0 Å². The number of nitrogens with one attached hydrogen (secondary N) is 5. The lowest BCUT2D eigenvalue weighted by molar-refractivity contribution is -0.133. The number of ether oxygens (including phenoxy) is 1. The molecule has 14 nitrogen and oxygen atoms in total. The van der Waals surface area contributed by atoms with Gasteiger partial charge in [-0.1, -0.05) is 58.0 Å². The van der Waals surface area contributed by atoms with E-state index >= 15 is 0 Å². The van der Waals surface area contributed by atoms with Crippen LogP contribution in [0, 0.1) is 11.8 Å². The third-order valence-electron chi connectivity index (χ3n) is 5.82. The monoisotopic (exact) mass is 593 g/mol. The largest absolute Gasteiger partial charge is 0.445 e. The highest BCUT2D eigenvalue weighted by molar-refractivity contribution is 5.94. The minimum absolute atomic E-state index is 0.0214. The standard InChI is InChI=1S/C28H43N5O9/c1-17(2)10-20(13-34)30-26(39)21(11-18(3)4)31-24(37)12-29-25(38)22(14-35)32-27(40)23(15-36)33-28(41)42-16-19-8-6-5-7-9-19/h5-9,13,17-18,20-23,35-36H,10-12,14-16H2,1-4H3,(H,29,38)(H,30,39)(H,31,37)(H,32,40)(H,33,41)/t20-,21-,22-,23-/m0/s1. The summed E-state index contributed by atoms with van der Waals surface area (Å²) in [4.78, 5) is 73.7. The summed E-state index contributed by atoms with van der Waals surface area (Å²) in [5.41, 5.74) is 0.700. The summed E-state index contributed by atoms with van der Waals surface area (Å²) >= 11 is 0. The van der Waals surface area contributed by atoms with Crippen LogP contribution in [0.1, 0.15) is 46.1 Å². The lowest BCUT2D eigenvalue weighted by atomic mass is 10.0. The van der Waals surface area contributed by atoms with E-state index in [1.165, 1.54) is 0 Å². The second-order valence-electron chi connectivity index (χ2n) is 10.5. The molecule has 0 aliphatic rings. The number of aldehydes is 1. The van der Waals surface area contributed by atoms with Gasteiger partial charge in [0, 0.05) is 0 Å². The Kier molecular flexibility index (Phi) is 16.4. The van der Waals surface area contributed by atoms with Gasteiger partial charge in [-0.15, -0.1) is 0 Å². The van der Waals surface area contributed by atoms with Gasteiger partial charge in [0.1, 0.15) is 31.0 Å². The summed E-state index contributed by atoms with van der Waals surface area (Å²) in [6.45, 7) is 5.18. The fourth-order valence-electron chi connectivity index (χ4n) is 3.75. The number of aliphatic hydroxyl groups excluding tert-OH is 2. The van der Waals surface area contributed by atoms with Crippen molar-refractivity contribution in [1.29, 1.82) is 0 Å². The van der Waals surface area contributed by atoms with E-state index in [1.54, 1.807) is 30.3 Å². The van der Waals surface area contributed by atoms with Crippen molar-refractivity contribution in [2.75, 3.05) is 19.8 Å². The van der Waals surface area contributed by atoms with Crippen LogP contribution >= 0.6 is 0 Å². The Hall–Kier alpha value is -4.04. The number of aliphatic hydroxyl groups is 2. The summed E-state index contributed by atoms with van der Waals surface area (Å²) in [6.07, 6.45) is 0.361. The Bertz CT molecular complexity index is 1040. The average molecular weight is 594 g/mol. The number of rotatable bonds is 18. The SMILES string of the molecule is CC(C)C[C@@H](C=O)NC(=O)[C@H](CC(C)C)NC(=O)CNC(=O)[C@H](CO)NC(=O)[C@H](CO)NC(=O)OCc1ccccc1. The third kappa shape index (κ3) is 14.0. The van der Waals surface area contributed by atoms with Crippen LogP contribution in [0.4, 0.5) is 4.79 Å². The molecule has 234 valence electrons. The van der Waals surface area contributed by atoms with Crippen molar-refractivity contribution < 1.29 is 43.7 Å². The van der Waals surface area contributed by atoms with Crippen molar-refractivity contribution in [3.63, 3.8) is 0 Å². The van der Waals surface area contributed by atoms with E-state index in [0.29, 0.717) is 18.3 Å². The van der Waals surface area contributed by atoms with E-state index in [1.807, 2.05) is 27.7 Å². The molecule has 0 unspecified atom stereocenters. The molecular formula is C28H43N5O9. The highest BCUT2D eigenvalue weighted by Crippen LogP contribution is 2.08.